The number of nitrogen functional groups attached to an aromatic ring is 1. The van der Waals surface area contributed by atoms with Crippen molar-refractivity contribution < 1.29 is 8.42 Å². The first-order valence-corrected chi connectivity index (χ1v) is 11.8. The molecule has 4 rings (SSSR count). The Morgan fingerprint density at radius 3 is 2.34 bits per heavy atom. The zero-order chi connectivity index (χ0) is 20.6. The lowest BCUT2D eigenvalue weighted by atomic mass is 10.2. The third kappa shape index (κ3) is 4.41. The number of nitrogens with two attached hydrogens (primary N) is 2. The molecular formula is C18H14ClN5O2S3. The maximum atomic E-state index is 11.3. The molecular weight excluding hydrogens is 450 g/mol. The smallest absolute Gasteiger partial charge is 0.238 e. The molecule has 0 aliphatic heterocycles. The molecule has 11 heteroatoms. The molecule has 5 N–H and O–H groups in total. The van der Waals surface area contributed by atoms with Crippen molar-refractivity contribution >= 4 is 60.9 Å². The molecule has 7 nitrogen and oxygen atoms in total. The van der Waals surface area contributed by atoms with Crippen molar-refractivity contribution in [2.45, 2.75) is 4.90 Å². The number of thiazole rings is 2. The van der Waals surface area contributed by atoms with Gasteiger partial charge in [-0.3, -0.25) is 0 Å². The van der Waals surface area contributed by atoms with Crippen LogP contribution in [0.1, 0.15) is 0 Å². The minimum Gasteiger partial charge on any atom is -0.382 e. The highest BCUT2D eigenvalue weighted by Gasteiger charge is 2.15. The first kappa shape index (κ1) is 19.8. The Labute approximate surface area is 180 Å². The molecule has 2 aromatic carbocycles. The molecule has 2 aromatic heterocycles. The summed E-state index contributed by atoms with van der Waals surface area (Å²) in [4.78, 5) is 9.80. The van der Waals surface area contributed by atoms with Crippen LogP contribution in [0.5, 0.6) is 0 Å². The van der Waals surface area contributed by atoms with Crippen molar-refractivity contribution in [3.8, 4) is 21.1 Å². The van der Waals surface area contributed by atoms with Crippen LogP contribution in [-0.4, -0.2) is 18.4 Å². The predicted molar refractivity (Wildman–Crippen MR) is 119 cm³/mol. The third-order valence-electron chi connectivity index (χ3n) is 3.93. The van der Waals surface area contributed by atoms with E-state index < -0.39 is 10.0 Å². The van der Waals surface area contributed by atoms with Crippen molar-refractivity contribution in [3.05, 3.63) is 58.9 Å². The maximum absolute atomic E-state index is 11.3. The number of aromatic nitrogens is 2. The molecule has 0 bridgehead atoms. The number of rotatable bonds is 5. The summed E-state index contributed by atoms with van der Waals surface area (Å²) < 4.78 is 22.7. The summed E-state index contributed by atoms with van der Waals surface area (Å²) in [7, 11) is -3.73. The van der Waals surface area contributed by atoms with Crippen molar-refractivity contribution in [1.82, 2.24) is 9.97 Å². The molecule has 0 amide bonds. The summed E-state index contributed by atoms with van der Waals surface area (Å²) in [5.74, 6) is 0.371. The van der Waals surface area contributed by atoms with E-state index in [2.05, 4.69) is 15.3 Å². The van der Waals surface area contributed by atoms with Crippen LogP contribution in [0, 0.1) is 0 Å². The first-order valence-electron chi connectivity index (χ1n) is 8.17. The van der Waals surface area contributed by atoms with Gasteiger partial charge in [0, 0.05) is 21.7 Å². The van der Waals surface area contributed by atoms with Gasteiger partial charge in [-0.05, 0) is 36.4 Å². The Bertz CT molecular complexity index is 1270. The normalized spacial score (nSPS) is 11.5. The van der Waals surface area contributed by atoms with Gasteiger partial charge in [0.25, 0.3) is 0 Å². The van der Waals surface area contributed by atoms with E-state index in [9.17, 15) is 8.42 Å². The van der Waals surface area contributed by atoms with E-state index in [1.54, 1.807) is 12.1 Å². The molecule has 4 aromatic rings. The van der Waals surface area contributed by atoms with Crippen molar-refractivity contribution in [1.29, 1.82) is 0 Å². The second-order valence-corrected chi connectivity index (χ2v) is 9.83. The topological polar surface area (TPSA) is 124 Å². The number of primary sulfonamides is 1. The van der Waals surface area contributed by atoms with Crippen LogP contribution in [-0.2, 0) is 10.0 Å². The fraction of sp³-hybridized carbons (Fsp3) is 0. The summed E-state index contributed by atoms with van der Waals surface area (Å²) >= 11 is 8.78. The molecule has 0 saturated carbocycles. The Morgan fingerprint density at radius 1 is 1.00 bits per heavy atom. The van der Waals surface area contributed by atoms with Gasteiger partial charge < -0.3 is 11.1 Å². The standard InChI is InChI=1S/C18H14ClN5O2S3/c19-11-3-1-10(2-4-11)14-9-27-17(23-14)15-16(20)24-18(28-15)22-12-5-7-13(8-6-12)29(21,25)26/h1-9H,20H2,(H,22,24)(H2,21,25,26). The molecule has 2 heterocycles. The van der Waals surface area contributed by atoms with Crippen LogP contribution in [0.3, 0.4) is 0 Å². The Hall–Kier alpha value is -2.50. The lowest BCUT2D eigenvalue weighted by Gasteiger charge is -2.03. The number of hydrogen-bond acceptors (Lipinski definition) is 8. The zero-order valence-corrected chi connectivity index (χ0v) is 17.9. The maximum Gasteiger partial charge on any atom is 0.238 e. The molecule has 0 aliphatic carbocycles. The van der Waals surface area contributed by atoms with Gasteiger partial charge in [0.2, 0.25) is 10.0 Å². The number of anilines is 3. The van der Waals surface area contributed by atoms with E-state index >= 15 is 0 Å². The summed E-state index contributed by atoms with van der Waals surface area (Å²) in [5, 5.41) is 12.2. The van der Waals surface area contributed by atoms with E-state index in [0.29, 0.717) is 21.7 Å². The minimum atomic E-state index is -3.73. The highest BCUT2D eigenvalue weighted by molar-refractivity contribution is 7.89. The van der Waals surface area contributed by atoms with Crippen LogP contribution < -0.4 is 16.2 Å². The molecule has 0 atom stereocenters. The number of hydrogen-bond donors (Lipinski definition) is 3. The summed E-state index contributed by atoms with van der Waals surface area (Å²) in [6, 6.07) is 13.5. The van der Waals surface area contributed by atoms with E-state index in [0.717, 1.165) is 21.1 Å². The minimum absolute atomic E-state index is 0.0416. The largest absolute Gasteiger partial charge is 0.382 e. The summed E-state index contributed by atoms with van der Waals surface area (Å²) in [5.41, 5.74) is 8.56. The Morgan fingerprint density at radius 2 is 1.69 bits per heavy atom. The SMILES string of the molecule is Nc1nc(Nc2ccc(S(N)(=O)=O)cc2)sc1-c1nc(-c2ccc(Cl)cc2)cs1. The van der Waals surface area contributed by atoms with Gasteiger partial charge in [0.15, 0.2) is 5.13 Å². The van der Waals surface area contributed by atoms with Crippen molar-refractivity contribution in [2.75, 3.05) is 11.1 Å². The lowest BCUT2D eigenvalue weighted by molar-refractivity contribution is 0.598. The molecule has 0 aliphatic rings. The summed E-state index contributed by atoms with van der Waals surface area (Å²) in [6.45, 7) is 0. The average molecular weight is 464 g/mol. The highest BCUT2D eigenvalue weighted by Crippen LogP contribution is 2.39. The zero-order valence-electron chi connectivity index (χ0n) is 14.7. The molecule has 0 saturated heterocycles. The number of halogens is 1. The van der Waals surface area contributed by atoms with Gasteiger partial charge in [-0.25, -0.2) is 23.5 Å². The van der Waals surface area contributed by atoms with Crippen LogP contribution >= 0.6 is 34.3 Å². The van der Waals surface area contributed by atoms with Gasteiger partial charge in [-0.15, -0.1) is 11.3 Å². The first-order chi connectivity index (χ1) is 13.8. The molecule has 0 radical (unpaired) electrons. The van der Waals surface area contributed by atoms with Crippen molar-refractivity contribution in [2.24, 2.45) is 5.14 Å². The molecule has 148 valence electrons. The average Bonchev–Trinajstić information content (AvgIpc) is 3.29. The van der Waals surface area contributed by atoms with Crippen LogP contribution in [0.25, 0.3) is 21.1 Å². The number of sulfonamides is 1. The van der Waals surface area contributed by atoms with Gasteiger partial charge in [-0.1, -0.05) is 35.1 Å². The lowest BCUT2D eigenvalue weighted by Crippen LogP contribution is -2.11. The second-order valence-electron chi connectivity index (χ2n) is 5.97. The van der Waals surface area contributed by atoms with Crippen LogP contribution in [0.4, 0.5) is 16.6 Å². The van der Waals surface area contributed by atoms with Gasteiger partial charge in [-0.2, -0.15) is 0 Å². The molecule has 0 fully saturated rings. The van der Waals surface area contributed by atoms with Gasteiger partial charge in [0.05, 0.1) is 10.6 Å². The number of benzene rings is 2. The third-order valence-corrected chi connectivity index (χ3v) is 7.09. The van der Waals surface area contributed by atoms with Gasteiger partial charge >= 0.3 is 0 Å². The number of nitrogens with one attached hydrogen (secondary N) is 1. The van der Waals surface area contributed by atoms with E-state index in [1.165, 1.54) is 34.8 Å². The van der Waals surface area contributed by atoms with Crippen LogP contribution in [0.2, 0.25) is 5.02 Å². The van der Waals surface area contributed by atoms with Crippen molar-refractivity contribution in [3.63, 3.8) is 0 Å². The fourth-order valence-corrected chi connectivity index (χ4v) is 5.00. The summed E-state index contributed by atoms with van der Waals surface area (Å²) in [6.07, 6.45) is 0. The highest BCUT2D eigenvalue weighted by atomic mass is 35.5. The monoisotopic (exact) mass is 463 g/mol. The van der Waals surface area contributed by atoms with E-state index in [-0.39, 0.29) is 4.90 Å². The predicted octanol–water partition coefficient (Wildman–Crippen LogP) is 4.56. The van der Waals surface area contributed by atoms with E-state index in [4.69, 9.17) is 22.5 Å². The quantitative estimate of drug-likeness (QED) is 0.398. The Kier molecular flexibility index (Phi) is 5.28. The number of nitrogens with zero attached hydrogens (tertiary/aromatic N) is 2. The van der Waals surface area contributed by atoms with E-state index in [1.807, 2.05) is 29.6 Å². The fourth-order valence-electron chi connectivity index (χ4n) is 2.52. The van der Waals surface area contributed by atoms with Gasteiger partial charge in [0.1, 0.15) is 15.7 Å². The molecule has 0 unspecified atom stereocenters. The Balaban J connectivity index is 1.56. The second kappa shape index (κ2) is 7.73. The molecule has 0 spiro atoms. The van der Waals surface area contributed by atoms with Crippen LogP contribution in [0.15, 0.2) is 58.8 Å². The molecule has 29 heavy (non-hydrogen) atoms.